The molecule has 1 aromatic carbocycles. The highest BCUT2D eigenvalue weighted by atomic mass is 19.3. The summed E-state index contributed by atoms with van der Waals surface area (Å²) in [5.41, 5.74) is 0.317. The number of halogens is 4. The number of benzene rings is 1. The molecule has 1 aromatic rings. The molecule has 0 unspecified atom stereocenters. The van der Waals surface area contributed by atoms with Crippen LogP contribution in [-0.4, -0.2) is 48.8 Å². The number of hydrogen-bond donors (Lipinski definition) is 2. The summed E-state index contributed by atoms with van der Waals surface area (Å²) in [7, 11) is 0. The molecule has 130 valence electrons. The average molecular weight is 349 g/mol. The van der Waals surface area contributed by atoms with Crippen LogP contribution in [0.5, 0.6) is 5.75 Å². The molecule has 3 rings (SSSR count). The van der Waals surface area contributed by atoms with Crippen molar-refractivity contribution >= 4 is 23.3 Å². The van der Waals surface area contributed by atoms with E-state index in [2.05, 4.69) is 15.4 Å². The molecular formula is C13H11F4N3O4. The minimum Gasteiger partial charge on any atom is -0.479 e. The topological polar surface area (TPSA) is 79.9 Å². The van der Waals surface area contributed by atoms with Gasteiger partial charge >= 0.3 is 18.2 Å². The molecule has 0 radical (unpaired) electrons. The summed E-state index contributed by atoms with van der Waals surface area (Å²) in [5.74, 6) is -0.296. The molecule has 0 aromatic heterocycles. The molecule has 2 aliphatic heterocycles. The third-order valence-corrected chi connectivity index (χ3v) is 3.21. The minimum absolute atomic E-state index is 0.0515. The van der Waals surface area contributed by atoms with Gasteiger partial charge in [-0.3, -0.25) is 9.53 Å². The van der Waals surface area contributed by atoms with Crippen LogP contribution >= 0.6 is 0 Å². The monoisotopic (exact) mass is 349 g/mol. The van der Waals surface area contributed by atoms with Crippen molar-refractivity contribution in [3.63, 3.8) is 0 Å². The van der Waals surface area contributed by atoms with Crippen molar-refractivity contribution in [3.8, 4) is 5.75 Å². The van der Waals surface area contributed by atoms with Crippen molar-refractivity contribution < 1.29 is 36.6 Å². The predicted molar refractivity (Wildman–Crippen MR) is 72.1 cm³/mol. The maximum atomic E-state index is 13.2. The molecule has 1 saturated heterocycles. The van der Waals surface area contributed by atoms with Gasteiger partial charge in [0.05, 0.1) is 11.4 Å². The molecule has 0 spiro atoms. The van der Waals surface area contributed by atoms with E-state index in [0.717, 1.165) is 0 Å². The largest absolute Gasteiger partial charge is 0.479 e. The van der Waals surface area contributed by atoms with Crippen molar-refractivity contribution in [2.45, 2.75) is 12.2 Å². The lowest BCUT2D eigenvalue weighted by molar-refractivity contribution is -0.399. The van der Waals surface area contributed by atoms with Crippen LogP contribution in [0, 0.1) is 0 Å². The van der Waals surface area contributed by atoms with Gasteiger partial charge in [0.1, 0.15) is 13.1 Å². The van der Waals surface area contributed by atoms with Gasteiger partial charge in [-0.25, -0.2) is 4.79 Å². The van der Waals surface area contributed by atoms with Crippen molar-refractivity contribution in [1.29, 1.82) is 0 Å². The van der Waals surface area contributed by atoms with Crippen LogP contribution in [-0.2, 0) is 9.53 Å². The second-order valence-corrected chi connectivity index (χ2v) is 5.18. The Morgan fingerprint density at radius 3 is 2.54 bits per heavy atom. The van der Waals surface area contributed by atoms with Crippen LogP contribution < -0.4 is 15.4 Å². The number of para-hydroxylation sites is 1. The van der Waals surface area contributed by atoms with Crippen LogP contribution in [0.25, 0.3) is 0 Å². The molecule has 0 saturated carbocycles. The first-order valence-corrected chi connectivity index (χ1v) is 6.73. The number of hydrogen-bond acceptors (Lipinski definition) is 4. The van der Waals surface area contributed by atoms with Crippen LogP contribution in [0.2, 0.25) is 0 Å². The average Bonchev–Trinajstić information content (AvgIpc) is 2.43. The molecule has 3 amide bonds. The number of morpholine rings is 1. The Morgan fingerprint density at radius 2 is 1.88 bits per heavy atom. The van der Waals surface area contributed by atoms with E-state index in [1.807, 2.05) is 0 Å². The number of amides is 3. The summed E-state index contributed by atoms with van der Waals surface area (Å²) >= 11 is 0. The number of ether oxygens (including phenoxy) is 2. The molecule has 0 aliphatic carbocycles. The molecule has 0 atom stereocenters. The van der Waals surface area contributed by atoms with E-state index in [9.17, 15) is 27.2 Å². The van der Waals surface area contributed by atoms with Gasteiger partial charge in [-0.15, -0.1) is 0 Å². The third-order valence-electron chi connectivity index (χ3n) is 3.21. The number of rotatable bonds is 1. The first kappa shape index (κ1) is 16.3. The highest BCUT2D eigenvalue weighted by Gasteiger charge is 2.52. The van der Waals surface area contributed by atoms with Crippen LogP contribution in [0.3, 0.4) is 0 Å². The quantitative estimate of drug-likeness (QED) is 0.761. The molecule has 24 heavy (non-hydrogen) atoms. The molecule has 2 aliphatic rings. The van der Waals surface area contributed by atoms with E-state index < -0.39 is 37.2 Å². The number of carbonyl (C=O) groups is 2. The first-order valence-electron chi connectivity index (χ1n) is 6.73. The maximum Gasteiger partial charge on any atom is 0.377 e. The first-order chi connectivity index (χ1) is 11.2. The normalized spacial score (nSPS) is 21.3. The smallest absolute Gasteiger partial charge is 0.377 e. The maximum absolute atomic E-state index is 13.2. The Labute approximate surface area is 132 Å². The van der Waals surface area contributed by atoms with Crippen molar-refractivity contribution in [2.75, 3.05) is 30.3 Å². The lowest BCUT2D eigenvalue weighted by Gasteiger charge is -2.36. The zero-order chi connectivity index (χ0) is 17.5. The van der Waals surface area contributed by atoms with Crippen molar-refractivity contribution in [2.24, 2.45) is 0 Å². The Bertz CT molecular complexity index is 682. The van der Waals surface area contributed by atoms with Gasteiger partial charge in [-0.1, -0.05) is 6.07 Å². The standard InChI is InChI=1S/C13H11F4N3O4/c14-12(15)5-20(6-13(16,17)24-12)11(22)19-8-3-1-2-7-10(8)23-4-9(21)18-7/h1-3H,4-6H2,(H,18,21)(H,19,22). The molecule has 2 heterocycles. The minimum atomic E-state index is -4.17. The molecule has 7 nitrogen and oxygen atoms in total. The van der Waals surface area contributed by atoms with E-state index in [4.69, 9.17) is 4.74 Å². The highest BCUT2D eigenvalue weighted by Crippen LogP contribution is 2.37. The lowest BCUT2D eigenvalue weighted by atomic mass is 10.2. The predicted octanol–water partition coefficient (Wildman–Crippen LogP) is 2.07. The Kier molecular flexibility index (Phi) is 3.74. The third kappa shape index (κ3) is 3.35. The Hall–Kier alpha value is -2.56. The second-order valence-electron chi connectivity index (χ2n) is 5.18. The van der Waals surface area contributed by atoms with Crippen molar-refractivity contribution in [3.05, 3.63) is 18.2 Å². The number of carbonyl (C=O) groups excluding carboxylic acids is 2. The number of nitrogens with one attached hydrogen (secondary N) is 2. The zero-order valence-corrected chi connectivity index (χ0v) is 11.9. The summed E-state index contributed by atoms with van der Waals surface area (Å²) in [6.07, 6.45) is -8.33. The van der Waals surface area contributed by atoms with Gasteiger partial charge in [0.2, 0.25) is 0 Å². The molecule has 11 heteroatoms. The lowest BCUT2D eigenvalue weighted by Crippen LogP contribution is -2.57. The number of alkyl halides is 4. The number of urea groups is 1. The summed E-state index contributed by atoms with van der Waals surface area (Å²) in [5, 5.41) is 4.71. The van der Waals surface area contributed by atoms with Crippen LogP contribution in [0.15, 0.2) is 18.2 Å². The summed E-state index contributed by atoms with van der Waals surface area (Å²) in [6.45, 7) is -2.93. The molecular weight excluding hydrogens is 338 g/mol. The van der Waals surface area contributed by atoms with Crippen LogP contribution in [0.4, 0.5) is 33.7 Å². The molecule has 0 bridgehead atoms. The van der Waals surface area contributed by atoms with Gasteiger partial charge in [0, 0.05) is 0 Å². The number of nitrogens with zero attached hydrogens (tertiary/aromatic N) is 1. The van der Waals surface area contributed by atoms with E-state index in [1.54, 1.807) is 0 Å². The van der Waals surface area contributed by atoms with Gasteiger partial charge in [0.25, 0.3) is 5.91 Å². The Morgan fingerprint density at radius 1 is 1.21 bits per heavy atom. The SMILES string of the molecule is O=C1COc2c(cccc2NC(=O)N2CC(F)(F)OC(F)(F)C2)N1. The van der Waals surface area contributed by atoms with E-state index in [1.165, 1.54) is 18.2 Å². The van der Waals surface area contributed by atoms with Crippen LogP contribution in [0.1, 0.15) is 0 Å². The fourth-order valence-electron chi connectivity index (χ4n) is 2.33. The van der Waals surface area contributed by atoms with E-state index in [0.29, 0.717) is 0 Å². The fraction of sp³-hybridized carbons (Fsp3) is 0.385. The summed E-state index contributed by atoms with van der Waals surface area (Å²) in [4.78, 5) is 23.5. The zero-order valence-electron chi connectivity index (χ0n) is 11.9. The number of fused-ring (bicyclic) bond motifs is 1. The van der Waals surface area contributed by atoms with Crippen molar-refractivity contribution in [1.82, 2.24) is 4.90 Å². The molecule has 2 N–H and O–H groups in total. The van der Waals surface area contributed by atoms with E-state index in [-0.39, 0.29) is 28.6 Å². The fourth-order valence-corrected chi connectivity index (χ4v) is 2.33. The van der Waals surface area contributed by atoms with E-state index >= 15 is 0 Å². The van der Waals surface area contributed by atoms with Gasteiger partial charge in [-0.2, -0.15) is 17.6 Å². The number of anilines is 2. The van der Waals surface area contributed by atoms with Gasteiger partial charge in [0.15, 0.2) is 12.4 Å². The summed E-state index contributed by atoms with van der Waals surface area (Å²) in [6, 6.07) is 3.17. The van der Waals surface area contributed by atoms with Gasteiger partial charge in [-0.05, 0) is 12.1 Å². The summed E-state index contributed by atoms with van der Waals surface area (Å²) < 4.78 is 61.2. The Balaban J connectivity index is 1.78. The van der Waals surface area contributed by atoms with Gasteiger partial charge < -0.3 is 20.3 Å². The molecule has 1 fully saturated rings. The highest BCUT2D eigenvalue weighted by molar-refractivity contribution is 5.99. The second kappa shape index (κ2) is 5.51.